The van der Waals surface area contributed by atoms with Crippen LogP contribution in [0.2, 0.25) is 0 Å². The zero-order valence-electron chi connectivity index (χ0n) is 7.51. The Morgan fingerprint density at radius 1 is 1.64 bits per heavy atom. The molecule has 1 heterocycles. The third kappa shape index (κ3) is 2.69. The van der Waals surface area contributed by atoms with Gasteiger partial charge in [0.15, 0.2) is 0 Å². The van der Waals surface area contributed by atoms with Gasteiger partial charge in [-0.3, -0.25) is 4.98 Å². The second-order valence-corrected chi connectivity index (χ2v) is 2.75. The highest BCUT2D eigenvalue weighted by Crippen LogP contribution is 2.11. The second kappa shape index (κ2) is 5.17. The molecule has 0 spiro atoms. The van der Waals surface area contributed by atoms with Gasteiger partial charge in [0.25, 0.3) is 0 Å². The number of nitrogens with one attached hydrogen (secondary N) is 1. The largest absolute Gasteiger partial charge is 0.394 e. The van der Waals surface area contributed by atoms with Crippen LogP contribution in [-0.4, -0.2) is 34.5 Å². The van der Waals surface area contributed by atoms with E-state index in [0.717, 1.165) is 0 Å². The summed E-state index contributed by atoms with van der Waals surface area (Å²) in [5.41, 5.74) is 1.02. The summed E-state index contributed by atoms with van der Waals surface area (Å²) in [6.07, 6.45) is 2.19. The van der Waals surface area contributed by atoms with E-state index in [1.165, 1.54) is 12.4 Å². The molecule has 1 atom stereocenters. The first-order valence-corrected chi connectivity index (χ1v) is 4.15. The highest BCUT2D eigenvalue weighted by atomic mass is 16.3. The summed E-state index contributed by atoms with van der Waals surface area (Å²) in [6, 6.07) is 3.57. The maximum atomic E-state index is 9.07. The highest BCUT2D eigenvalue weighted by Gasteiger charge is 2.04. The molecule has 74 valence electrons. The van der Waals surface area contributed by atoms with Gasteiger partial charge < -0.3 is 15.5 Å². The van der Waals surface area contributed by atoms with Crippen molar-refractivity contribution in [3.05, 3.63) is 24.0 Å². The van der Waals surface area contributed by atoms with Crippen molar-refractivity contribution >= 4 is 5.69 Å². The van der Waals surface area contributed by atoms with Crippen molar-refractivity contribution in [1.82, 2.24) is 4.98 Å². The first-order chi connectivity index (χ1) is 6.77. The van der Waals surface area contributed by atoms with E-state index in [1.54, 1.807) is 6.07 Å². The van der Waals surface area contributed by atoms with Gasteiger partial charge in [0.05, 0.1) is 30.2 Å². The molecule has 1 unspecified atom stereocenters. The number of aromatic nitrogens is 1. The first-order valence-electron chi connectivity index (χ1n) is 4.15. The van der Waals surface area contributed by atoms with Crippen LogP contribution in [0.1, 0.15) is 5.56 Å². The fourth-order valence-corrected chi connectivity index (χ4v) is 0.925. The van der Waals surface area contributed by atoms with E-state index in [1.807, 2.05) is 6.07 Å². The maximum absolute atomic E-state index is 9.07. The highest BCUT2D eigenvalue weighted by molar-refractivity contribution is 5.55. The number of pyridine rings is 1. The van der Waals surface area contributed by atoms with Crippen LogP contribution in [0.25, 0.3) is 0 Å². The Bertz CT molecular complexity index is 335. The third-order valence-corrected chi connectivity index (χ3v) is 1.68. The smallest absolute Gasteiger partial charge is 0.101 e. The Balaban J connectivity index is 2.63. The third-order valence-electron chi connectivity index (χ3n) is 1.68. The van der Waals surface area contributed by atoms with Crippen molar-refractivity contribution in [2.45, 2.75) is 6.10 Å². The van der Waals surface area contributed by atoms with Gasteiger partial charge in [0.2, 0.25) is 0 Å². The van der Waals surface area contributed by atoms with E-state index >= 15 is 0 Å². The summed E-state index contributed by atoms with van der Waals surface area (Å²) in [4.78, 5) is 3.84. The summed E-state index contributed by atoms with van der Waals surface area (Å²) < 4.78 is 0. The van der Waals surface area contributed by atoms with Crippen LogP contribution < -0.4 is 5.32 Å². The monoisotopic (exact) mass is 193 g/mol. The molecule has 5 nitrogen and oxygen atoms in total. The van der Waals surface area contributed by atoms with E-state index in [-0.39, 0.29) is 13.2 Å². The van der Waals surface area contributed by atoms with Gasteiger partial charge in [-0.1, -0.05) is 0 Å². The quantitative estimate of drug-likeness (QED) is 0.612. The lowest BCUT2D eigenvalue weighted by Crippen LogP contribution is -2.23. The zero-order valence-corrected chi connectivity index (χ0v) is 7.51. The van der Waals surface area contributed by atoms with Crippen LogP contribution in [0.5, 0.6) is 0 Å². The Morgan fingerprint density at radius 2 is 2.43 bits per heavy atom. The Kier molecular flexibility index (Phi) is 3.85. The predicted octanol–water partition coefficient (Wildman–Crippen LogP) is -0.282. The van der Waals surface area contributed by atoms with Crippen LogP contribution in [0.15, 0.2) is 18.5 Å². The minimum Gasteiger partial charge on any atom is -0.394 e. The number of nitrogens with zero attached hydrogens (tertiary/aromatic N) is 2. The molecule has 0 bridgehead atoms. The van der Waals surface area contributed by atoms with Crippen molar-refractivity contribution < 1.29 is 10.2 Å². The Morgan fingerprint density at radius 3 is 3.07 bits per heavy atom. The molecule has 0 fully saturated rings. The summed E-state index contributed by atoms with van der Waals surface area (Å²) in [6.45, 7) is -0.119. The summed E-state index contributed by atoms with van der Waals surface area (Å²) in [7, 11) is 0. The average Bonchev–Trinajstić information content (AvgIpc) is 2.26. The first kappa shape index (κ1) is 10.4. The minimum absolute atomic E-state index is 0.191. The molecule has 1 aromatic rings. The standard InChI is InChI=1S/C9H11N3O2/c10-3-7-1-2-11-5-9(7)12-4-8(14)6-13/h1-2,5,8,12-14H,4,6H2. The van der Waals surface area contributed by atoms with Gasteiger partial charge in [-0.15, -0.1) is 0 Å². The molecule has 0 amide bonds. The van der Waals surface area contributed by atoms with Crippen LogP contribution in [-0.2, 0) is 0 Å². The topological polar surface area (TPSA) is 89.2 Å². The van der Waals surface area contributed by atoms with Crippen molar-refractivity contribution in [2.24, 2.45) is 0 Å². The molecule has 0 aliphatic rings. The molecular weight excluding hydrogens is 182 g/mol. The molecular formula is C9H11N3O2. The van der Waals surface area contributed by atoms with E-state index in [9.17, 15) is 0 Å². The number of aliphatic hydroxyl groups is 2. The van der Waals surface area contributed by atoms with Crippen molar-refractivity contribution in [3.8, 4) is 6.07 Å². The van der Waals surface area contributed by atoms with E-state index in [4.69, 9.17) is 15.5 Å². The van der Waals surface area contributed by atoms with Gasteiger partial charge in [0.1, 0.15) is 6.07 Å². The van der Waals surface area contributed by atoms with Gasteiger partial charge in [0, 0.05) is 12.7 Å². The summed E-state index contributed by atoms with van der Waals surface area (Å²) >= 11 is 0. The molecule has 0 saturated heterocycles. The van der Waals surface area contributed by atoms with Crippen LogP contribution in [0.3, 0.4) is 0 Å². The number of aliphatic hydroxyl groups excluding tert-OH is 2. The van der Waals surface area contributed by atoms with E-state index in [0.29, 0.717) is 11.3 Å². The molecule has 1 aromatic heterocycles. The van der Waals surface area contributed by atoms with Crippen LogP contribution in [0, 0.1) is 11.3 Å². The SMILES string of the molecule is N#Cc1ccncc1NCC(O)CO. The Labute approximate surface area is 81.6 Å². The van der Waals surface area contributed by atoms with Gasteiger partial charge >= 0.3 is 0 Å². The number of rotatable bonds is 4. The molecule has 0 radical (unpaired) electrons. The van der Waals surface area contributed by atoms with E-state index in [2.05, 4.69) is 10.3 Å². The van der Waals surface area contributed by atoms with Crippen LogP contribution in [0.4, 0.5) is 5.69 Å². The number of hydrogen-bond acceptors (Lipinski definition) is 5. The summed E-state index contributed by atoms with van der Waals surface area (Å²) in [5, 5.41) is 29.2. The molecule has 0 aromatic carbocycles. The fraction of sp³-hybridized carbons (Fsp3) is 0.333. The molecule has 5 heteroatoms. The van der Waals surface area contributed by atoms with Gasteiger partial charge in [-0.2, -0.15) is 5.26 Å². The van der Waals surface area contributed by atoms with Crippen molar-refractivity contribution in [2.75, 3.05) is 18.5 Å². The van der Waals surface area contributed by atoms with Crippen LogP contribution >= 0.6 is 0 Å². The number of hydrogen-bond donors (Lipinski definition) is 3. The van der Waals surface area contributed by atoms with Gasteiger partial charge in [-0.05, 0) is 6.07 Å². The molecule has 14 heavy (non-hydrogen) atoms. The summed E-state index contributed by atoms with van der Waals surface area (Å²) in [5.74, 6) is 0. The van der Waals surface area contributed by atoms with Crippen molar-refractivity contribution in [1.29, 1.82) is 5.26 Å². The lowest BCUT2D eigenvalue weighted by molar-refractivity contribution is 0.105. The fourth-order valence-electron chi connectivity index (χ4n) is 0.925. The molecule has 3 N–H and O–H groups in total. The van der Waals surface area contributed by atoms with Gasteiger partial charge in [-0.25, -0.2) is 0 Å². The number of nitriles is 1. The normalized spacial score (nSPS) is 11.8. The molecule has 0 aliphatic heterocycles. The second-order valence-electron chi connectivity index (χ2n) is 2.75. The van der Waals surface area contributed by atoms with E-state index < -0.39 is 6.10 Å². The molecule has 0 saturated carbocycles. The van der Waals surface area contributed by atoms with Crippen molar-refractivity contribution in [3.63, 3.8) is 0 Å². The zero-order chi connectivity index (χ0) is 10.4. The lowest BCUT2D eigenvalue weighted by atomic mass is 10.2. The lowest BCUT2D eigenvalue weighted by Gasteiger charge is -2.10. The number of anilines is 1. The minimum atomic E-state index is -0.832. The molecule has 1 rings (SSSR count). The Hall–Kier alpha value is -1.64. The maximum Gasteiger partial charge on any atom is 0.101 e. The average molecular weight is 193 g/mol. The molecule has 0 aliphatic carbocycles. The predicted molar refractivity (Wildman–Crippen MR) is 50.5 cm³/mol.